The van der Waals surface area contributed by atoms with Gasteiger partial charge in [0.15, 0.2) is 0 Å². The smallest absolute Gasteiger partial charge is 0.0938 e. The third kappa shape index (κ3) is 2.42. The molecular formula is C8H17NO3. The van der Waals surface area contributed by atoms with Gasteiger partial charge in [0.25, 0.3) is 0 Å². The Morgan fingerprint density at radius 1 is 1.42 bits per heavy atom. The number of methoxy groups -OCH3 is 1. The molecule has 3 atom stereocenters. The Morgan fingerprint density at radius 2 is 1.92 bits per heavy atom. The number of aliphatic hydroxyl groups excluding tert-OH is 2. The summed E-state index contributed by atoms with van der Waals surface area (Å²) in [6.07, 6.45) is -1.02. The molecule has 0 radical (unpaired) electrons. The van der Waals surface area contributed by atoms with Gasteiger partial charge in [-0.3, -0.25) is 4.90 Å². The van der Waals surface area contributed by atoms with Gasteiger partial charge >= 0.3 is 0 Å². The van der Waals surface area contributed by atoms with E-state index < -0.39 is 12.2 Å². The van der Waals surface area contributed by atoms with Gasteiger partial charge in [-0.25, -0.2) is 0 Å². The van der Waals surface area contributed by atoms with E-state index in [-0.39, 0.29) is 6.10 Å². The molecule has 3 unspecified atom stereocenters. The van der Waals surface area contributed by atoms with Crippen LogP contribution in [0.3, 0.4) is 0 Å². The van der Waals surface area contributed by atoms with E-state index in [0.717, 1.165) is 6.54 Å². The Balaban J connectivity index is 2.27. The van der Waals surface area contributed by atoms with E-state index in [2.05, 4.69) is 0 Å². The number of hydrogen-bond donors (Lipinski definition) is 2. The largest absolute Gasteiger partial charge is 0.389 e. The van der Waals surface area contributed by atoms with E-state index in [1.807, 2.05) is 11.8 Å². The van der Waals surface area contributed by atoms with Crippen LogP contribution >= 0.6 is 0 Å². The number of aliphatic hydroxyl groups is 2. The zero-order valence-corrected chi connectivity index (χ0v) is 7.60. The normalized spacial score (nSPS) is 34.0. The van der Waals surface area contributed by atoms with Crippen molar-refractivity contribution in [2.45, 2.75) is 25.2 Å². The van der Waals surface area contributed by atoms with E-state index in [4.69, 9.17) is 4.74 Å². The van der Waals surface area contributed by atoms with Crippen molar-refractivity contribution in [2.75, 3.05) is 26.7 Å². The molecule has 72 valence electrons. The minimum absolute atomic E-state index is 0.155. The number of ether oxygens (including phenoxy) is 1. The highest BCUT2D eigenvalue weighted by atomic mass is 16.5. The average molecular weight is 175 g/mol. The van der Waals surface area contributed by atoms with E-state index >= 15 is 0 Å². The van der Waals surface area contributed by atoms with Crippen LogP contribution in [0.1, 0.15) is 6.92 Å². The third-order valence-corrected chi connectivity index (χ3v) is 2.25. The maximum absolute atomic E-state index is 9.22. The summed E-state index contributed by atoms with van der Waals surface area (Å²) < 4.78 is 5.08. The highest BCUT2D eigenvalue weighted by molar-refractivity contribution is 4.83. The molecule has 0 bridgehead atoms. The third-order valence-electron chi connectivity index (χ3n) is 2.25. The lowest BCUT2D eigenvalue weighted by atomic mass is 10.3. The number of rotatable bonds is 3. The highest BCUT2D eigenvalue weighted by Crippen LogP contribution is 2.10. The van der Waals surface area contributed by atoms with E-state index in [9.17, 15) is 10.2 Å². The first-order valence-corrected chi connectivity index (χ1v) is 4.24. The summed E-state index contributed by atoms with van der Waals surface area (Å²) in [6, 6.07) is 0. The van der Waals surface area contributed by atoms with Crippen molar-refractivity contribution < 1.29 is 14.9 Å². The van der Waals surface area contributed by atoms with E-state index in [1.54, 1.807) is 7.11 Å². The Bertz CT molecular complexity index is 132. The maximum atomic E-state index is 9.22. The minimum atomic E-state index is -0.589. The van der Waals surface area contributed by atoms with E-state index in [0.29, 0.717) is 13.1 Å². The lowest BCUT2D eigenvalue weighted by Gasteiger charge is -2.18. The summed E-state index contributed by atoms with van der Waals surface area (Å²) in [5.41, 5.74) is 0. The molecule has 1 aliphatic heterocycles. The number of likely N-dealkylation sites (tertiary alicyclic amines) is 1. The van der Waals surface area contributed by atoms with Crippen LogP contribution in [0.2, 0.25) is 0 Å². The van der Waals surface area contributed by atoms with Crippen LogP contribution in [0.15, 0.2) is 0 Å². The minimum Gasteiger partial charge on any atom is -0.389 e. The number of nitrogens with zero attached hydrogens (tertiary/aromatic N) is 1. The van der Waals surface area contributed by atoms with Gasteiger partial charge in [0.05, 0.1) is 18.3 Å². The number of hydrogen-bond acceptors (Lipinski definition) is 4. The molecule has 4 heteroatoms. The van der Waals surface area contributed by atoms with E-state index in [1.165, 1.54) is 0 Å². The fraction of sp³-hybridized carbons (Fsp3) is 1.00. The van der Waals surface area contributed by atoms with Gasteiger partial charge in [0, 0.05) is 26.7 Å². The van der Waals surface area contributed by atoms with Gasteiger partial charge < -0.3 is 14.9 Å². The van der Waals surface area contributed by atoms with Gasteiger partial charge in [0.1, 0.15) is 0 Å². The molecule has 0 saturated carbocycles. The Hall–Kier alpha value is -0.160. The van der Waals surface area contributed by atoms with Crippen LogP contribution in [0.25, 0.3) is 0 Å². The van der Waals surface area contributed by atoms with Crippen molar-refractivity contribution in [1.82, 2.24) is 4.90 Å². The summed E-state index contributed by atoms with van der Waals surface area (Å²) in [5.74, 6) is 0. The zero-order chi connectivity index (χ0) is 9.14. The highest BCUT2D eigenvalue weighted by Gasteiger charge is 2.29. The summed E-state index contributed by atoms with van der Waals surface area (Å²) >= 11 is 0. The standard InChI is InChI=1S/C8H17NO3/c1-6(12-2)3-9-4-7(10)8(11)5-9/h6-8,10-11H,3-5H2,1-2H3. The van der Waals surface area contributed by atoms with Crippen molar-refractivity contribution >= 4 is 0 Å². The monoisotopic (exact) mass is 175 g/mol. The van der Waals surface area contributed by atoms with Crippen molar-refractivity contribution in [3.05, 3.63) is 0 Å². The van der Waals surface area contributed by atoms with Crippen molar-refractivity contribution in [2.24, 2.45) is 0 Å². The van der Waals surface area contributed by atoms with Crippen LogP contribution in [0.4, 0.5) is 0 Å². The van der Waals surface area contributed by atoms with Gasteiger partial charge in [-0.1, -0.05) is 0 Å². The van der Waals surface area contributed by atoms with Gasteiger partial charge in [-0.15, -0.1) is 0 Å². The maximum Gasteiger partial charge on any atom is 0.0938 e. The summed E-state index contributed by atoms with van der Waals surface area (Å²) in [6.45, 7) is 3.84. The molecule has 1 aliphatic rings. The molecule has 4 nitrogen and oxygen atoms in total. The van der Waals surface area contributed by atoms with Gasteiger partial charge in [-0.2, -0.15) is 0 Å². The SMILES string of the molecule is COC(C)CN1CC(O)C(O)C1. The molecule has 1 rings (SSSR count). The predicted molar refractivity (Wildman–Crippen MR) is 44.9 cm³/mol. The molecule has 1 saturated heterocycles. The molecule has 0 aromatic rings. The average Bonchev–Trinajstić information content (AvgIpc) is 2.31. The molecule has 1 heterocycles. The molecule has 12 heavy (non-hydrogen) atoms. The molecule has 1 fully saturated rings. The Morgan fingerprint density at radius 3 is 2.33 bits per heavy atom. The molecule has 0 amide bonds. The lowest BCUT2D eigenvalue weighted by molar-refractivity contribution is 0.0572. The summed E-state index contributed by atoms with van der Waals surface area (Å²) in [4.78, 5) is 2.00. The Labute approximate surface area is 72.7 Å². The lowest BCUT2D eigenvalue weighted by Crippen LogP contribution is -2.30. The van der Waals surface area contributed by atoms with Crippen molar-refractivity contribution in [3.63, 3.8) is 0 Å². The first kappa shape index (κ1) is 9.92. The predicted octanol–water partition coefficient (Wildman–Crippen LogP) is -0.941. The van der Waals surface area contributed by atoms with Crippen LogP contribution in [0, 0.1) is 0 Å². The fourth-order valence-electron chi connectivity index (χ4n) is 1.43. The molecule has 2 N–H and O–H groups in total. The first-order chi connectivity index (χ1) is 5.63. The molecule has 0 aromatic carbocycles. The van der Waals surface area contributed by atoms with Gasteiger partial charge in [-0.05, 0) is 6.92 Å². The zero-order valence-electron chi connectivity index (χ0n) is 7.60. The van der Waals surface area contributed by atoms with Crippen LogP contribution in [-0.4, -0.2) is 60.2 Å². The van der Waals surface area contributed by atoms with Crippen molar-refractivity contribution in [3.8, 4) is 0 Å². The topological polar surface area (TPSA) is 52.9 Å². The second-order valence-corrected chi connectivity index (χ2v) is 3.40. The van der Waals surface area contributed by atoms with Crippen LogP contribution < -0.4 is 0 Å². The Kier molecular flexibility index (Phi) is 3.46. The molecular weight excluding hydrogens is 158 g/mol. The quantitative estimate of drug-likeness (QED) is 0.581. The molecule has 0 spiro atoms. The summed E-state index contributed by atoms with van der Waals surface area (Å²) in [7, 11) is 1.66. The fourth-order valence-corrected chi connectivity index (χ4v) is 1.43. The molecule has 0 aromatic heterocycles. The number of β-amino-alcohol motifs (C(OH)–C–C–N with tert-alkyl or cyclic N) is 2. The second kappa shape index (κ2) is 4.18. The summed E-state index contributed by atoms with van der Waals surface area (Å²) in [5, 5.41) is 18.4. The second-order valence-electron chi connectivity index (χ2n) is 3.40. The first-order valence-electron chi connectivity index (χ1n) is 4.24. The van der Waals surface area contributed by atoms with Gasteiger partial charge in [0.2, 0.25) is 0 Å². The van der Waals surface area contributed by atoms with Crippen LogP contribution in [0.5, 0.6) is 0 Å². The van der Waals surface area contributed by atoms with Crippen molar-refractivity contribution in [1.29, 1.82) is 0 Å². The molecule has 0 aliphatic carbocycles. The van der Waals surface area contributed by atoms with Crippen LogP contribution in [-0.2, 0) is 4.74 Å².